The molecule has 0 radical (unpaired) electrons. The first-order valence-corrected chi connectivity index (χ1v) is 12.6. The van der Waals surface area contributed by atoms with Crippen LogP contribution in [0, 0.1) is 28.9 Å². The van der Waals surface area contributed by atoms with E-state index in [2.05, 4.69) is 25.8 Å². The number of hydrogen-bond acceptors (Lipinski definition) is 7. The van der Waals surface area contributed by atoms with Gasteiger partial charge in [-0.1, -0.05) is 35.5 Å². The van der Waals surface area contributed by atoms with Gasteiger partial charge in [-0.25, -0.2) is 19.1 Å². The predicted octanol–water partition coefficient (Wildman–Crippen LogP) is 3.79. The van der Waals surface area contributed by atoms with E-state index >= 15 is 0 Å². The van der Waals surface area contributed by atoms with Gasteiger partial charge in [0.25, 0.3) is 11.8 Å². The molecule has 0 spiro atoms. The lowest BCUT2D eigenvalue weighted by molar-refractivity contribution is -0.138. The van der Waals surface area contributed by atoms with Crippen LogP contribution in [0.15, 0.2) is 52.6 Å². The van der Waals surface area contributed by atoms with Crippen LogP contribution in [0.2, 0.25) is 0 Å². The number of imide groups is 1. The van der Waals surface area contributed by atoms with Crippen molar-refractivity contribution in [2.24, 2.45) is 16.1 Å². The summed E-state index contributed by atoms with van der Waals surface area (Å²) in [7, 11) is 1.19. The third-order valence-electron chi connectivity index (χ3n) is 5.32. The Morgan fingerprint density at radius 1 is 1.09 bits per heavy atom. The van der Waals surface area contributed by atoms with Crippen LogP contribution in [0.3, 0.4) is 0 Å². The molecule has 11 nitrogen and oxygen atoms in total. The largest absolute Gasteiger partial charge is 0.417 e. The number of oxime groups is 1. The van der Waals surface area contributed by atoms with Crippen molar-refractivity contribution in [2.75, 3.05) is 20.3 Å². The Morgan fingerprint density at radius 2 is 1.77 bits per heavy atom. The molecule has 0 heterocycles. The number of aliphatic imine (C=N–C) groups is 1. The maximum absolute atomic E-state index is 14.4. The number of halogens is 5. The van der Waals surface area contributed by atoms with Gasteiger partial charge < -0.3 is 10.2 Å². The molecular weight excluding hydrogens is 583 g/mol. The zero-order valence-corrected chi connectivity index (χ0v) is 22.9. The van der Waals surface area contributed by atoms with E-state index < -0.39 is 58.3 Å². The summed E-state index contributed by atoms with van der Waals surface area (Å²) < 4.78 is 68.2. The van der Waals surface area contributed by atoms with Crippen molar-refractivity contribution in [2.45, 2.75) is 32.4 Å². The molecule has 43 heavy (non-hydrogen) atoms. The van der Waals surface area contributed by atoms with Crippen LogP contribution in [-0.2, 0) is 31.9 Å². The molecule has 0 unspecified atom stereocenters. The van der Waals surface area contributed by atoms with Crippen LogP contribution in [0.4, 0.5) is 26.7 Å². The number of benzene rings is 2. The third-order valence-corrected chi connectivity index (χ3v) is 5.32. The number of rotatable bonds is 9. The molecule has 1 aliphatic rings. The molecule has 1 saturated carbocycles. The number of carbonyl (C=O) groups is 3. The average molecular weight is 611 g/mol. The zero-order valence-electron chi connectivity index (χ0n) is 22.9. The summed E-state index contributed by atoms with van der Waals surface area (Å²) in [5, 5.41) is 15.8. The lowest BCUT2D eigenvalue weighted by Gasteiger charge is -2.17. The second-order valence-corrected chi connectivity index (χ2v) is 8.70. The molecule has 0 bridgehead atoms. The summed E-state index contributed by atoms with van der Waals surface area (Å²) in [6, 6.07) is 9.92. The molecule has 1 fully saturated rings. The molecule has 1 aliphatic carbocycles. The SMILES string of the molecule is CCNC(=O)NC(=O)/C(C#N)=N/OC.O=C(Cc1ccccc1)/N=C(\NOCC1CC1)c1c(C(F)(F)F)ccc(F)c1F. The minimum atomic E-state index is -4.99. The molecule has 0 atom stereocenters. The van der Waals surface area contributed by atoms with Crippen LogP contribution in [0.1, 0.15) is 36.5 Å². The third kappa shape index (κ3) is 11.5. The van der Waals surface area contributed by atoms with Crippen molar-refractivity contribution in [1.82, 2.24) is 16.1 Å². The van der Waals surface area contributed by atoms with Crippen LogP contribution in [0.25, 0.3) is 0 Å². The van der Waals surface area contributed by atoms with Crippen LogP contribution >= 0.6 is 0 Å². The molecule has 3 rings (SSSR count). The minimum absolute atomic E-state index is 0.143. The number of amides is 4. The van der Waals surface area contributed by atoms with Gasteiger partial charge in [-0.2, -0.15) is 23.4 Å². The van der Waals surface area contributed by atoms with E-state index in [1.165, 1.54) is 13.2 Å². The zero-order chi connectivity index (χ0) is 32.0. The number of carbonyl (C=O) groups excluding carboxylic acids is 3. The summed E-state index contributed by atoms with van der Waals surface area (Å²) in [6.45, 7) is 2.21. The highest BCUT2D eigenvalue weighted by Crippen LogP contribution is 2.34. The van der Waals surface area contributed by atoms with Gasteiger partial charge in [0.2, 0.25) is 5.71 Å². The smallest absolute Gasteiger partial charge is 0.398 e. The fraction of sp³-hybridized carbons (Fsp3) is 0.333. The summed E-state index contributed by atoms with van der Waals surface area (Å²) in [5.41, 5.74) is -0.490. The van der Waals surface area contributed by atoms with Gasteiger partial charge in [0.05, 0.1) is 24.2 Å². The van der Waals surface area contributed by atoms with Gasteiger partial charge >= 0.3 is 12.2 Å². The molecule has 16 heteroatoms. The second kappa shape index (κ2) is 16.5. The van der Waals surface area contributed by atoms with Crippen LogP contribution in [-0.4, -0.2) is 49.7 Å². The number of amidine groups is 1. The monoisotopic (exact) mass is 610 g/mol. The molecule has 0 aromatic heterocycles. The lowest BCUT2D eigenvalue weighted by Crippen LogP contribution is -2.42. The Bertz CT molecular complexity index is 1390. The first-order chi connectivity index (χ1) is 20.4. The Balaban J connectivity index is 0.000000391. The number of nitriles is 1. The maximum atomic E-state index is 14.4. The quantitative estimate of drug-likeness (QED) is 0.169. The number of urea groups is 1. The topological polar surface area (TPSA) is 154 Å². The van der Waals surface area contributed by atoms with E-state index in [9.17, 15) is 36.3 Å². The van der Waals surface area contributed by atoms with E-state index in [1.54, 1.807) is 37.3 Å². The van der Waals surface area contributed by atoms with Gasteiger partial charge in [0.1, 0.15) is 13.2 Å². The van der Waals surface area contributed by atoms with Crippen molar-refractivity contribution in [3.8, 4) is 6.07 Å². The Labute approximate surface area is 242 Å². The first kappa shape index (κ1) is 34.3. The molecule has 3 N–H and O–H groups in total. The van der Waals surface area contributed by atoms with Gasteiger partial charge in [-0.15, -0.1) is 0 Å². The molecule has 4 amide bonds. The molecule has 0 aliphatic heterocycles. The number of nitrogens with one attached hydrogen (secondary N) is 3. The van der Waals surface area contributed by atoms with E-state index in [0.29, 0.717) is 24.2 Å². The molecule has 0 saturated heterocycles. The van der Waals surface area contributed by atoms with Gasteiger partial charge in [-0.3, -0.25) is 19.7 Å². The number of nitrogens with zero attached hydrogens (tertiary/aromatic N) is 3. The van der Waals surface area contributed by atoms with Gasteiger partial charge in [0, 0.05) is 6.54 Å². The number of hydroxylamine groups is 1. The summed E-state index contributed by atoms with van der Waals surface area (Å²) in [4.78, 5) is 47.1. The summed E-state index contributed by atoms with van der Waals surface area (Å²) >= 11 is 0. The fourth-order valence-corrected chi connectivity index (χ4v) is 3.17. The molecule has 2 aromatic rings. The standard InChI is InChI=1S/C20H17F5N2O2.C7H10N4O3/c21-15-9-8-14(20(23,24)25)17(18(15)22)19(27-29-11-13-6-7-13)26-16(28)10-12-4-2-1-3-5-12;1-3-9-7(13)10-6(12)5(4-8)11-14-2/h1-5,8-9,13H,6-7,10-11H2,(H,26,27,28);3H2,1-2H3,(H2,9,10,12,13)/b;11-5+. The fourth-order valence-electron chi connectivity index (χ4n) is 3.17. The number of alkyl halides is 3. The molecule has 230 valence electrons. The average Bonchev–Trinajstić information content (AvgIpc) is 3.77. The minimum Gasteiger partial charge on any atom is -0.398 e. The van der Waals surface area contributed by atoms with E-state index in [-0.39, 0.29) is 18.9 Å². The van der Waals surface area contributed by atoms with Gasteiger partial charge in [-0.05, 0) is 43.4 Å². The first-order valence-electron chi connectivity index (χ1n) is 12.6. The Hall–Kier alpha value is -4.91. The van der Waals surface area contributed by atoms with Crippen molar-refractivity contribution in [3.05, 3.63) is 70.8 Å². The summed E-state index contributed by atoms with van der Waals surface area (Å²) in [6.07, 6.45) is -3.44. The van der Waals surface area contributed by atoms with E-state index in [4.69, 9.17) is 10.1 Å². The molecule has 2 aromatic carbocycles. The van der Waals surface area contributed by atoms with Crippen molar-refractivity contribution < 1.29 is 46.0 Å². The summed E-state index contributed by atoms with van der Waals surface area (Å²) in [5.74, 6) is -5.61. The highest BCUT2D eigenvalue weighted by molar-refractivity contribution is 6.46. The van der Waals surface area contributed by atoms with Crippen LogP contribution < -0.4 is 16.1 Å². The lowest BCUT2D eigenvalue weighted by atomic mass is 10.0. The Kier molecular flexibility index (Phi) is 13.2. The molecular formula is C27H27F5N6O5. The maximum Gasteiger partial charge on any atom is 0.417 e. The number of hydrogen-bond donors (Lipinski definition) is 3. The van der Waals surface area contributed by atoms with Gasteiger partial charge in [0.15, 0.2) is 17.5 Å². The Morgan fingerprint density at radius 3 is 2.33 bits per heavy atom. The van der Waals surface area contributed by atoms with E-state index in [0.717, 1.165) is 12.8 Å². The highest BCUT2D eigenvalue weighted by Gasteiger charge is 2.37. The highest BCUT2D eigenvalue weighted by atomic mass is 19.4. The normalized spacial score (nSPS) is 13.2. The van der Waals surface area contributed by atoms with Crippen molar-refractivity contribution >= 4 is 29.4 Å². The van der Waals surface area contributed by atoms with Crippen molar-refractivity contribution in [3.63, 3.8) is 0 Å². The predicted molar refractivity (Wildman–Crippen MR) is 142 cm³/mol. The van der Waals surface area contributed by atoms with E-state index in [1.807, 2.05) is 5.32 Å². The van der Waals surface area contributed by atoms with Crippen molar-refractivity contribution in [1.29, 1.82) is 5.26 Å². The second-order valence-electron chi connectivity index (χ2n) is 8.70. The van der Waals surface area contributed by atoms with Crippen LogP contribution in [0.5, 0.6) is 0 Å².